The summed E-state index contributed by atoms with van der Waals surface area (Å²) in [4.78, 5) is 26.1. The Labute approximate surface area is 142 Å². The highest BCUT2D eigenvalue weighted by Gasteiger charge is 2.35. The summed E-state index contributed by atoms with van der Waals surface area (Å²) in [7, 11) is -3.12. The van der Waals surface area contributed by atoms with Gasteiger partial charge in [-0.3, -0.25) is 9.59 Å². The Kier molecular flexibility index (Phi) is 5.99. The van der Waals surface area contributed by atoms with Crippen molar-refractivity contribution in [3.63, 3.8) is 0 Å². The summed E-state index contributed by atoms with van der Waals surface area (Å²) in [5.74, 6) is 0.287. The Morgan fingerprint density at radius 1 is 1.21 bits per heavy atom. The molecule has 24 heavy (non-hydrogen) atoms. The number of ether oxygens (including phenoxy) is 1. The Bertz CT molecular complexity index is 696. The zero-order valence-electron chi connectivity index (χ0n) is 14.0. The van der Waals surface area contributed by atoms with Gasteiger partial charge in [0.2, 0.25) is 5.91 Å². The SMILES string of the molecule is CCOc1ccc(C(=O)CN(C(=O)CC)C2CCS(=O)(=O)C2)cc1. The van der Waals surface area contributed by atoms with Gasteiger partial charge in [-0.2, -0.15) is 0 Å². The first-order valence-electron chi connectivity index (χ1n) is 8.12. The molecule has 1 aliphatic heterocycles. The fourth-order valence-electron chi connectivity index (χ4n) is 2.79. The van der Waals surface area contributed by atoms with Gasteiger partial charge in [-0.05, 0) is 37.6 Å². The average molecular weight is 353 g/mol. The van der Waals surface area contributed by atoms with Gasteiger partial charge in [0, 0.05) is 18.0 Å². The third-order valence-electron chi connectivity index (χ3n) is 4.07. The molecule has 0 radical (unpaired) electrons. The molecule has 0 spiro atoms. The number of sulfone groups is 1. The lowest BCUT2D eigenvalue weighted by Crippen LogP contribution is -2.43. The molecule has 1 amide bonds. The van der Waals surface area contributed by atoms with Crippen LogP contribution >= 0.6 is 0 Å². The number of hydrogen-bond donors (Lipinski definition) is 0. The first kappa shape index (κ1) is 18.4. The van der Waals surface area contributed by atoms with Crippen molar-refractivity contribution in [3.05, 3.63) is 29.8 Å². The fourth-order valence-corrected chi connectivity index (χ4v) is 4.53. The highest BCUT2D eigenvalue weighted by atomic mass is 32.2. The van der Waals surface area contributed by atoms with E-state index in [2.05, 4.69) is 0 Å². The number of benzene rings is 1. The van der Waals surface area contributed by atoms with Crippen LogP contribution in [-0.4, -0.2) is 55.7 Å². The number of carbonyl (C=O) groups excluding carboxylic acids is 2. The summed E-state index contributed by atoms with van der Waals surface area (Å²) in [5, 5.41) is 0. The van der Waals surface area contributed by atoms with E-state index in [9.17, 15) is 18.0 Å². The molecule has 1 saturated heterocycles. The molecule has 132 valence electrons. The summed E-state index contributed by atoms with van der Waals surface area (Å²) >= 11 is 0. The van der Waals surface area contributed by atoms with Gasteiger partial charge < -0.3 is 9.64 Å². The Balaban J connectivity index is 2.11. The van der Waals surface area contributed by atoms with Crippen molar-refractivity contribution < 1.29 is 22.7 Å². The van der Waals surface area contributed by atoms with E-state index in [1.165, 1.54) is 4.90 Å². The monoisotopic (exact) mass is 353 g/mol. The van der Waals surface area contributed by atoms with Crippen LogP contribution in [0.5, 0.6) is 5.75 Å². The van der Waals surface area contributed by atoms with Crippen LogP contribution in [-0.2, 0) is 14.6 Å². The summed E-state index contributed by atoms with van der Waals surface area (Å²) in [5.41, 5.74) is 0.480. The highest BCUT2D eigenvalue weighted by Crippen LogP contribution is 2.20. The first-order valence-corrected chi connectivity index (χ1v) is 9.94. The molecule has 2 rings (SSSR count). The van der Waals surface area contributed by atoms with Crippen molar-refractivity contribution >= 4 is 21.5 Å². The number of carbonyl (C=O) groups is 2. The van der Waals surface area contributed by atoms with Crippen LogP contribution < -0.4 is 4.74 Å². The third kappa shape index (κ3) is 4.56. The van der Waals surface area contributed by atoms with Crippen LogP contribution in [0.1, 0.15) is 37.0 Å². The molecular weight excluding hydrogens is 330 g/mol. The lowest BCUT2D eigenvalue weighted by atomic mass is 10.1. The van der Waals surface area contributed by atoms with E-state index in [1.807, 2.05) is 6.92 Å². The molecule has 0 N–H and O–H groups in total. The highest BCUT2D eigenvalue weighted by molar-refractivity contribution is 7.91. The summed E-state index contributed by atoms with van der Waals surface area (Å²) in [6.07, 6.45) is 0.637. The van der Waals surface area contributed by atoms with Crippen LogP contribution in [0, 0.1) is 0 Å². The second-order valence-electron chi connectivity index (χ2n) is 5.81. The largest absolute Gasteiger partial charge is 0.494 e. The van der Waals surface area contributed by atoms with E-state index < -0.39 is 15.9 Å². The maximum atomic E-state index is 12.5. The molecule has 1 aliphatic rings. The molecule has 0 aromatic heterocycles. The fraction of sp³-hybridized carbons (Fsp3) is 0.529. The van der Waals surface area contributed by atoms with Gasteiger partial charge in [0.05, 0.1) is 24.7 Å². The van der Waals surface area contributed by atoms with Crippen molar-refractivity contribution in [2.45, 2.75) is 32.7 Å². The molecule has 1 atom stereocenters. The van der Waals surface area contributed by atoms with Gasteiger partial charge in [0.25, 0.3) is 0 Å². The lowest BCUT2D eigenvalue weighted by molar-refractivity contribution is -0.132. The maximum absolute atomic E-state index is 12.5. The minimum Gasteiger partial charge on any atom is -0.494 e. The van der Waals surface area contributed by atoms with Crippen LogP contribution in [0.3, 0.4) is 0 Å². The average Bonchev–Trinajstić information content (AvgIpc) is 2.92. The second-order valence-corrected chi connectivity index (χ2v) is 8.04. The topological polar surface area (TPSA) is 80.8 Å². The van der Waals surface area contributed by atoms with Crippen LogP contribution in [0.25, 0.3) is 0 Å². The molecule has 0 bridgehead atoms. The zero-order valence-corrected chi connectivity index (χ0v) is 14.8. The van der Waals surface area contributed by atoms with Crippen molar-refractivity contribution in [2.75, 3.05) is 24.7 Å². The van der Waals surface area contributed by atoms with E-state index in [1.54, 1.807) is 31.2 Å². The number of rotatable bonds is 7. The minimum absolute atomic E-state index is 0.0602. The molecular formula is C17H23NO5S. The van der Waals surface area contributed by atoms with Crippen LogP contribution in [0.15, 0.2) is 24.3 Å². The molecule has 6 nitrogen and oxygen atoms in total. The van der Waals surface area contributed by atoms with Crippen molar-refractivity contribution in [2.24, 2.45) is 0 Å². The van der Waals surface area contributed by atoms with Gasteiger partial charge in [0.15, 0.2) is 15.6 Å². The van der Waals surface area contributed by atoms with Gasteiger partial charge >= 0.3 is 0 Å². The number of hydrogen-bond acceptors (Lipinski definition) is 5. The normalized spacial score (nSPS) is 19.0. The first-order chi connectivity index (χ1) is 11.4. The number of ketones is 1. The van der Waals surface area contributed by atoms with E-state index >= 15 is 0 Å². The maximum Gasteiger partial charge on any atom is 0.222 e. The molecule has 7 heteroatoms. The van der Waals surface area contributed by atoms with Crippen molar-refractivity contribution in [3.8, 4) is 5.75 Å². The van der Waals surface area contributed by atoms with E-state index in [0.717, 1.165) is 0 Å². The molecule has 1 fully saturated rings. The zero-order chi connectivity index (χ0) is 17.7. The number of Topliss-reactive ketones (excluding diaryl/α,β-unsaturated/α-hetero) is 1. The smallest absolute Gasteiger partial charge is 0.222 e. The predicted molar refractivity (Wildman–Crippen MR) is 91.0 cm³/mol. The van der Waals surface area contributed by atoms with Crippen LogP contribution in [0.2, 0.25) is 0 Å². The quantitative estimate of drug-likeness (QED) is 0.697. The lowest BCUT2D eigenvalue weighted by Gasteiger charge is -2.27. The Hall–Kier alpha value is -1.89. The van der Waals surface area contributed by atoms with Gasteiger partial charge in [0.1, 0.15) is 5.75 Å². The number of amides is 1. The molecule has 1 aromatic rings. The molecule has 0 aliphatic carbocycles. The minimum atomic E-state index is -3.12. The third-order valence-corrected chi connectivity index (χ3v) is 5.82. The standard InChI is InChI=1S/C17H23NO5S/c1-3-17(20)18(14-9-10-24(21,22)12-14)11-16(19)13-5-7-15(8-6-13)23-4-2/h5-8,14H,3-4,9-12H2,1-2H3. The summed E-state index contributed by atoms with van der Waals surface area (Å²) < 4.78 is 28.7. The second kappa shape index (κ2) is 7.79. The summed E-state index contributed by atoms with van der Waals surface area (Å²) in [6.45, 7) is 4.03. The van der Waals surface area contributed by atoms with E-state index in [0.29, 0.717) is 24.3 Å². The molecule has 1 aromatic carbocycles. The van der Waals surface area contributed by atoms with E-state index in [-0.39, 0.29) is 36.2 Å². The van der Waals surface area contributed by atoms with Gasteiger partial charge in [-0.25, -0.2) is 8.42 Å². The van der Waals surface area contributed by atoms with Crippen LogP contribution in [0.4, 0.5) is 0 Å². The van der Waals surface area contributed by atoms with Gasteiger partial charge in [-0.1, -0.05) is 6.92 Å². The Morgan fingerprint density at radius 2 is 1.88 bits per heavy atom. The van der Waals surface area contributed by atoms with E-state index in [4.69, 9.17) is 4.74 Å². The Morgan fingerprint density at radius 3 is 2.38 bits per heavy atom. The summed E-state index contributed by atoms with van der Waals surface area (Å²) in [6, 6.07) is 6.33. The van der Waals surface area contributed by atoms with Gasteiger partial charge in [-0.15, -0.1) is 0 Å². The molecule has 1 heterocycles. The molecule has 1 unspecified atom stereocenters. The predicted octanol–water partition coefficient (Wildman–Crippen LogP) is 1.69. The van der Waals surface area contributed by atoms with Crippen molar-refractivity contribution in [1.29, 1.82) is 0 Å². The number of nitrogens with zero attached hydrogens (tertiary/aromatic N) is 1. The molecule has 0 saturated carbocycles. The van der Waals surface area contributed by atoms with Crippen molar-refractivity contribution in [1.82, 2.24) is 4.90 Å².